The predicted molar refractivity (Wildman–Crippen MR) is 137 cm³/mol. The monoisotopic (exact) mass is 495 g/mol. The van der Waals surface area contributed by atoms with Crippen molar-refractivity contribution in [3.63, 3.8) is 0 Å². The van der Waals surface area contributed by atoms with Crippen LogP contribution in [0.25, 0.3) is 6.08 Å². The van der Waals surface area contributed by atoms with Crippen molar-refractivity contribution in [3.8, 4) is 11.5 Å². The molecule has 2 heterocycles. The van der Waals surface area contributed by atoms with Crippen molar-refractivity contribution in [1.82, 2.24) is 9.80 Å². The molecule has 0 bridgehead atoms. The largest absolute Gasteiger partial charge is 0.490 e. The molecule has 0 aliphatic carbocycles. The summed E-state index contributed by atoms with van der Waals surface area (Å²) in [6.45, 7) is 7.01. The van der Waals surface area contributed by atoms with Gasteiger partial charge >= 0.3 is 0 Å². The number of hydrogen-bond acceptors (Lipinski definition) is 7. The SMILES string of the molecule is CCOc1ccc(C=C2SC(=O)N(CC(=O)N3CCN(c4ccccc4)CC3)C2=O)cc1OCC. The number of ether oxygens (including phenoxy) is 2. The lowest BCUT2D eigenvalue weighted by atomic mass is 10.2. The molecule has 2 aliphatic heterocycles. The summed E-state index contributed by atoms with van der Waals surface area (Å²) in [5, 5.41) is -0.437. The Hall–Kier alpha value is -3.46. The maximum Gasteiger partial charge on any atom is 0.294 e. The summed E-state index contributed by atoms with van der Waals surface area (Å²) in [6.07, 6.45) is 1.65. The Morgan fingerprint density at radius 1 is 0.943 bits per heavy atom. The Balaban J connectivity index is 1.39. The lowest BCUT2D eigenvalue weighted by Gasteiger charge is -2.36. The molecule has 3 amide bonds. The third-order valence-corrected chi connectivity index (χ3v) is 6.69. The van der Waals surface area contributed by atoms with Crippen molar-refractivity contribution in [2.24, 2.45) is 0 Å². The van der Waals surface area contributed by atoms with Crippen molar-refractivity contribution >= 4 is 40.6 Å². The molecule has 0 spiro atoms. The maximum absolute atomic E-state index is 12.9. The summed E-state index contributed by atoms with van der Waals surface area (Å²) in [5.41, 5.74) is 1.84. The Morgan fingerprint density at radius 3 is 2.31 bits per heavy atom. The first kappa shape index (κ1) is 24.7. The molecule has 0 radical (unpaired) electrons. The molecule has 4 rings (SSSR count). The van der Waals surface area contributed by atoms with Gasteiger partial charge in [-0.3, -0.25) is 19.3 Å². The lowest BCUT2D eigenvalue weighted by Crippen LogP contribution is -2.51. The van der Waals surface area contributed by atoms with Crippen LogP contribution >= 0.6 is 11.8 Å². The van der Waals surface area contributed by atoms with Gasteiger partial charge in [-0.05, 0) is 61.5 Å². The number of para-hydroxylation sites is 1. The highest BCUT2D eigenvalue weighted by Gasteiger charge is 2.37. The minimum absolute atomic E-state index is 0.221. The van der Waals surface area contributed by atoms with Gasteiger partial charge in [0.15, 0.2) is 11.5 Å². The average molecular weight is 496 g/mol. The van der Waals surface area contributed by atoms with Gasteiger partial charge in [-0.1, -0.05) is 24.3 Å². The van der Waals surface area contributed by atoms with E-state index in [0.29, 0.717) is 56.5 Å². The van der Waals surface area contributed by atoms with Crippen LogP contribution in [0, 0.1) is 0 Å². The van der Waals surface area contributed by atoms with Gasteiger partial charge in [-0.25, -0.2) is 0 Å². The Morgan fingerprint density at radius 2 is 1.63 bits per heavy atom. The summed E-state index contributed by atoms with van der Waals surface area (Å²) >= 11 is 0.844. The number of imide groups is 1. The first-order valence-corrected chi connectivity index (χ1v) is 12.5. The van der Waals surface area contributed by atoms with Crippen LogP contribution in [0.15, 0.2) is 53.4 Å². The normalized spacial score (nSPS) is 17.3. The van der Waals surface area contributed by atoms with Gasteiger partial charge in [-0.15, -0.1) is 0 Å². The van der Waals surface area contributed by atoms with E-state index in [1.165, 1.54) is 0 Å². The average Bonchev–Trinajstić information content (AvgIpc) is 3.13. The van der Waals surface area contributed by atoms with E-state index < -0.39 is 11.1 Å². The number of anilines is 1. The molecule has 35 heavy (non-hydrogen) atoms. The van der Waals surface area contributed by atoms with Gasteiger partial charge in [-0.2, -0.15) is 0 Å². The number of hydrogen-bond donors (Lipinski definition) is 0. The fraction of sp³-hybridized carbons (Fsp3) is 0.346. The zero-order chi connectivity index (χ0) is 24.8. The second kappa shape index (κ2) is 11.3. The maximum atomic E-state index is 12.9. The van der Waals surface area contributed by atoms with Crippen LogP contribution in [0.3, 0.4) is 0 Å². The predicted octanol–water partition coefficient (Wildman–Crippen LogP) is 3.87. The molecule has 0 saturated carbocycles. The third-order valence-electron chi connectivity index (χ3n) is 5.79. The number of carbonyl (C=O) groups excluding carboxylic acids is 3. The Labute approximate surface area is 209 Å². The fourth-order valence-electron chi connectivity index (χ4n) is 4.03. The highest BCUT2D eigenvalue weighted by atomic mass is 32.2. The standard InChI is InChI=1S/C26H29N3O5S/c1-3-33-21-11-10-19(16-22(21)34-4-2)17-23-25(31)29(26(32)35-23)18-24(30)28-14-12-27(13-15-28)20-8-6-5-7-9-20/h5-11,16-17H,3-4,12-15,18H2,1-2H3. The van der Waals surface area contributed by atoms with Crippen LogP contribution in [0.5, 0.6) is 11.5 Å². The Kier molecular flexibility index (Phi) is 7.97. The van der Waals surface area contributed by atoms with E-state index in [4.69, 9.17) is 9.47 Å². The molecular formula is C26H29N3O5S. The van der Waals surface area contributed by atoms with Crippen molar-refractivity contribution in [2.75, 3.05) is 50.8 Å². The van der Waals surface area contributed by atoms with Gasteiger partial charge in [0, 0.05) is 31.9 Å². The first-order valence-electron chi connectivity index (χ1n) is 11.7. The molecule has 0 N–H and O–H groups in total. The molecule has 2 aliphatic rings. The number of rotatable bonds is 8. The number of benzene rings is 2. The van der Waals surface area contributed by atoms with E-state index in [1.807, 2.05) is 44.2 Å². The lowest BCUT2D eigenvalue weighted by molar-refractivity contribution is -0.136. The van der Waals surface area contributed by atoms with Crippen LogP contribution in [0.1, 0.15) is 19.4 Å². The molecule has 0 unspecified atom stereocenters. The van der Waals surface area contributed by atoms with Crippen LogP contribution in [0.2, 0.25) is 0 Å². The number of piperazine rings is 1. The minimum atomic E-state index is -0.455. The number of amides is 3. The quantitative estimate of drug-likeness (QED) is 0.515. The smallest absolute Gasteiger partial charge is 0.294 e. The van der Waals surface area contributed by atoms with E-state index in [1.54, 1.807) is 29.2 Å². The molecule has 2 saturated heterocycles. The van der Waals surface area contributed by atoms with Crippen molar-refractivity contribution in [1.29, 1.82) is 0 Å². The fourth-order valence-corrected chi connectivity index (χ4v) is 4.87. The van der Waals surface area contributed by atoms with E-state index in [-0.39, 0.29) is 17.4 Å². The third kappa shape index (κ3) is 5.79. The van der Waals surface area contributed by atoms with Crippen molar-refractivity contribution in [2.45, 2.75) is 13.8 Å². The van der Waals surface area contributed by atoms with E-state index in [2.05, 4.69) is 4.90 Å². The summed E-state index contributed by atoms with van der Waals surface area (Å²) < 4.78 is 11.2. The minimum Gasteiger partial charge on any atom is -0.490 e. The number of thioether (sulfide) groups is 1. The second-order valence-corrected chi connectivity index (χ2v) is 9.04. The molecule has 184 valence electrons. The number of carbonyl (C=O) groups is 3. The van der Waals surface area contributed by atoms with E-state index in [0.717, 1.165) is 22.3 Å². The van der Waals surface area contributed by atoms with Crippen molar-refractivity contribution in [3.05, 3.63) is 59.0 Å². The van der Waals surface area contributed by atoms with E-state index in [9.17, 15) is 14.4 Å². The van der Waals surface area contributed by atoms with Crippen LogP contribution in [-0.2, 0) is 9.59 Å². The van der Waals surface area contributed by atoms with E-state index >= 15 is 0 Å². The highest BCUT2D eigenvalue weighted by Crippen LogP contribution is 2.34. The number of nitrogens with zero attached hydrogens (tertiary/aromatic N) is 3. The van der Waals surface area contributed by atoms with Gasteiger partial charge in [0.25, 0.3) is 11.1 Å². The molecule has 2 aromatic rings. The topological polar surface area (TPSA) is 79.4 Å². The van der Waals surface area contributed by atoms with Gasteiger partial charge in [0.05, 0.1) is 18.1 Å². The van der Waals surface area contributed by atoms with Crippen molar-refractivity contribution < 1.29 is 23.9 Å². The van der Waals surface area contributed by atoms with Crippen LogP contribution in [-0.4, -0.2) is 72.8 Å². The molecular weight excluding hydrogens is 466 g/mol. The summed E-state index contributed by atoms with van der Waals surface area (Å²) in [6, 6.07) is 15.4. The summed E-state index contributed by atoms with van der Waals surface area (Å²) in [7, 11) is 0. The highest BCUT2D eigenvalue weighted by molar-refractivity contribution is 8.18. The van der Waals surface area contributed by atoms with Gasteiger partial charge < -0.3 is 19.3 Å². The zero-order valence-corrected chi connectivity index (χ0v) is 20.8. The van der Waals surface area contributed by atoms with Crippen LogP contribution in [0.4, 0.5) is 10.5 Å². The van der Waals surface area contributed by atoms with Gasteiger partial charge in [0.2, 0.25) is 5.91 Å². The molecule has 8 nitrogen and oxygen atoms in total. The van der Waals surface area contributed by atoms with Gasteiger partial charge in [0.1, 0.15) is 6.54 Å². The molecule has 2 fully saturated rings. The molecule has 9 heteroatoms. The van der Waals surface area contributed by atoms with Crippen LogP contribution < -0.4 is 14.4 Å². The summed E-state index contributed by atoms with van der Waals surface area (Å²) in [4.78, 5) is 43.6. The second-order valence-electron chi connectivity index (χ2n) is 8.04. The summed E-state index contributed by atoms with van der Waals surface area (Å²) in [5.74, 6) is 0.522. The Bertz CT molecular complexity index is 1110. The molecule has 0 aromatic heterocycles. The first-order chi connectivity index (χ1) is 17.0. The zero-order valence-electron chi connectivity index (χ0n) is 19.9. The molecule has 2 aromatic carbocycles. The molecule has 0 atom stereocenters.